The normalized spacial score (nSPS) is 17.4. The van der Waals surface area contributed by atoms with E-state index < -0.39 is 34.6 Å². The molecule has 3 atom stereocenters. The molecule has 6 nitrogen and oxygen atoms in total. The van der Waals surface area contributed by atoms with Gasteiger partial charge in [-0.2, -0.15) is 9.64 Å². The number of aliphatic hydroxyl groups is 1. The van der Waals surface area contributed by atoms with E-state index in [1.54, 1.807) is 0 Å². The van der Waals surface area contributed by atoms with Crippen LogP contribution in [0.5, 0.6) is 0 Å². The summed E-state index contributed by atoms with van der Waals surface area (Å²) >= 11 is 0.981. The molecule has 0 amide bonds. The lowest BCUT2D eigenvalue weighted by atomic mass is 9.74. The largest absolute Gasteiger partial charge is 0.390 e. The smallest absolute Gasteiger partial charge is 0.160 e. The summed E-state index contributed by atoms with van der Waals surface area (Å²) in [6.45, 7) is 6.78. The predicted octanol–water partition coefficient (Wildman–Crippen LogP) is 6.16. The lowest BCUT2D eigenvalue weighted by Crippen LogP contribution is -2.50. The molecule has 1 saturated carbocycles. The van der Waals surface area contributed by atoms with Crippen molar-refractivity contribution in [3.05, 3.63) is 76.4 Å². The Morgan fingerprint density at radius 2 is 1.83 bits per heavy atom. The van der Waals surface area contributed by atoms with Crippen molar-refractivity contribution in [3.8, 4) is 6.07 Å². The number of nitrogens with one attached hydrogen (secondary N) is 2. The third kappa shape index (κ3) is 7.58. The van der Waals surface area contributed by atoms with Crippen LogP contribution in [0.3, 0.4) is 0 Å². The molecule has 0 saturated heterocycles. The van der Waals surface area contributed by atoms with Gasteiger partial charge in [-0.3, -0.25) is 4.21 Å². The highest BCUT2D eigenvalue weighted by atomic mass is 32.2. The second kappa shape index (κ2) is 13.1. The highest BCUT2D eigenvalue weighted by Crippen LogP contribution is 2.39. The molecule has 0 radical (unpaired) electrons. The van der Waals surface area contributed by atoms with Crippen LogP contribution in [-0.2, 0) is 28.2 Å². The van der Waals surface area contributed by atoms with Crippen molar-refractivity contribution < 1.29 is 18.1 Å². The van der Waals surface area contributed by atoms with E-state index in [4.69, 9.17) is 0 Å². The summed E-state index contributed by atoms with van der Waals surface area (Å²) in [5.41, 5.74) is 2.63. The van der Waals surface area contributed by atoms with Crippen molar-refractivity contribution in [1.29, 1.82) is 5.26 Å². The zero-order chi connectivity index (χ0) is 29.8. The van der Waals surface area contributed by atoms with Crippen LogP contribution in [0, 0.1) is 23.0 Å². The van der Waals surface area contributed by atoms with E-state index in [2.05, 4.69) is 66.1 Å². The average Bonchev–Trinajstić information content (AvgIpc) is 3.34. The summed E-state index contributed by atoms with van der Waals surface area (Å²) in [6.07, 6.45) is 5.70. The molecular weight excluding hydrogens is 562 g/mol. The standard InChI is InChI=1S/C31H38F2N4O2S2/c1-30(2,3)21-9-8-10-22(16-21)31(11-6-5-7-12-31)35-19-27(38)26(15-20-13-23(32)17-24(33)14-20)36-28-25(18-34)29(37-40-28)41(4)39/h8-10,13-14,16-17,26-27,35-36,38H,5-7,11-12,15,19H2,1-4H3. The molecule has 1 aromatic heterocycles. The van der Waals surface area contributed by atoms with Crippen LogP contribution < -0.4 is 10.6 Å². The number of benzene rings is 2. The number of anilines is 1. The minimum atomic E-state index is -1.47. The second-order valence-electron chi connectivity index (χ2n) is 11.9. The molecule has 10 heteroatoms. The van der Waals surface area contributed by atoms with Crippen LogP contribution in [0.2, 0.25) is 0 Å². The molecule has 0 spiro atoms. The molecule has 1 aliphatic carbocycles. The molecule has 4 rings (SSSR count). The molecule has 0 bridgehead atoms. The van der Waals surface area contributed by atoms with Crippen LogP contribution in [0.25, 0.3) is 0 Å². The summed E-state index contributed by atoms with van der Waals surface area (Å²) in [5, 5.41) is 28.7. The van der Waals surface area contributed by atoms with Gasteiger partial charge >= 0.3 is 0 Å². The number of nitrogens with zero attached hydrogens (tertiary/aromatic N) is 2. The van der Waals surface area contributed by atoms with E-state index in [9.17, 15) is 23.4 Å². The third-order valence-electron chi connectivity index (χ3n) is 7.84. The molecule has 0 aliphatic heterocycles. The van der Waals surface area contributed by atoms with Gasteiger partial charge in [-0.25, -0.2) is 8.78 Å². The molecular formula is C31H38F2N4O2S2. The minimum Gasteiger partial charge on any atom is -0.390 e. The van der Waals surface area contributed by atoms with Crippen molar-refractivity contribution in [2.24, 2.45) is 0 Å². The summed E-state index contributed by atoms with van der Waals surface area (Å²) in [7, 11) is -1.47. The van der Waals surface area contributed by atoms with Crippen molar-refractivity contribution in [3.63, 3.8) is 0 Å². The Bertz CT molecular complexity index is 1400. The number of hydrogen-bond acceptors (Lipinski definition) is 7. The molecule has 220 valence electrons. The second-order valence-corrected chi connectivity index (χ2v) is 14.0. The van der Waals surface area contributed by atoms with E-state index in [1.165, 1.54) is 29.5 Å². The zero-order valence-corrected chi connectivity index (χ0v) is 25.6. The van der Waals surface area contributed by atoms with Gasteiger partial charge in [0.2, 0.25) is 0 Å². The third-order valence-corrected chi connectivity index (χ3v) is 9.58. The van der Waals surface area contributed by atoms with Crippen molar-refractivity contribution in [1.82, 2.24) is 9.69 Å². The number of aliphatic hydroxyl groups excluding tert-OH is 1. The Balaban J connectivity index is 1.63. The maximum atomic E-state index is 14.0. The van der Waals surface area contributed by atoms with Gasteiger partial charge in [-0.15, -0.1) is 0 Å². The number of rotatable bonds is 10. The van der Waals surface area contributed by atoms with Gasteiger partial charge < -0.3 is 15.7 Å². The number of halogens is 2. The van der Waals surface area contributed by atoms with E-state index in [1.807, 2.05) is 0 Å². The van der Waals surface area contributed by atoms with Crippen LogP contribution in [0.15, 0.2) is 47.5 Å². The monoisotopic (exact) mass is 600 g/mol. The Kier molecular flexibility index (Phi) is 9.96. The molecule has 3 unspecified atom stereocenters. The fourth-order valence-electron chi connectivity index (χ4n) is 5.55. The van der Waals surface area contributed by atoms with Crippen molar-refractivity contribution in [2.45, 2.75) is 87.4 Å². The van der Waals surface area contributed by atoms with Gasteiger partial charge in [0.05, 0.1) is 22.9 Å². The summed E-state index contributed by atoms with van der Waals surface area (Å²) in [5.74, 6) is -1.41. The van der Waals surface area contributed by atoms with E-state index >= 15 is 0 Å². The number of aromatic nitrogens is 1. The molecule has 41 heavy (non-hydrogen) atoms. The first-order valence-corrected chi connectivity index (χ1v) is 16.2. The highest BCUT2D eigenvalue weighted by molar-refractivity contribution is 7.84. The Morgan fingerprint density at radius 3 is 2.44 bits per heavy atom. The summed E-state index contributed by atoms with van der Waals surface area (Å²) in [4.78, 5) is 0. The lowest BCUT2D eigenvalue weighted by Gasteiger charge is -2.41. The fraction of sp³-hybridized carbons (Fsp3) is 0.484. The molecule has 3 aromatic rings. The summed E-state index contributed by atoms with van der Waals surface area (Å²) < 4.78 is 44.3. The number of hydrogen-bond donors (Lipinski definition) is 3. The average molecular weight is 601 g/mol. The first-order valence-electron chi connectivity index (χ1n) is 13.9. The van der Waals surface area contributed by atoms with E-state index in [-0.39, 0.29) is 34.5 Å². The maximum Gasteiger partial charge on any atom is 0.160 e. The molecule has 1 fully saturated rings. The molecule has 2 aromatic carbocycles. The van der Waals surface area contributed by atoms with E-state index in [0.717, 1.165) is 49.7 Å². The SMILES string of the molecule is CS(=O)c1nsc(NC(Cc2cc(F)cc(F)c2)C(O)CNC2(c3cccc(C(C)(C)C)c3)CCCCC2)c1C#N. The van der Waals surface area contributed by atoms with Crippen molar-refractivity contribution >= 4 is 27.3 Å². The fourth-order valence-corrected chi connectivity index (χ4v) is 7.29. The van der Waals surface area contributed by atoms with E-state index in [0.29, 0.717) is 10.6 Å². The van der Waals surface area contributed by atoms with Gasteiger partial charge in [-0.05, 0) is 65.0 Å². The zero-order valence-electron chi connectivity index (χ0n) is 24.0. The Hall–Kier alpha value is -2.71. The molecule has 1 heterocycles. The van der Waals surface area contributed by atoms with Gasteiger partial charge in [-0.1, -0.05) is 64.3 Å². The number of nitriles is 1. The van der Waals surface area contributed by atoms with Gasteiger partial charge in [0, 0.05) is 24.4 Å². The quantitative estimate of drug-likeness (QED) is 0.258. The lowest BCUT2D eigenvalue weighted by molar-refractivity contribution is 0.122. The van der Waals surface area contributed by atoms with Crippen LogP contribution in [-0.4, -0.2) is 38.6 Å². The predicted molar refractivity (Wildman–Crippen MR) is 161 cm³/mol. The Morgan fingerprint density at radius 1 is 1.15 bits per heavy atom. The van der Waals surface area contributed by atoms with Crippen LogP contribution >= 0.6 is 11.5 Å². The topological polar surface area (TPSA) is 98.0 Å². The summed E-state index contributed by atoms with van der Waals surface area (Å²) in [6, 6.07) is 13.3. The first-order chi connectivity index (χ1) is 19.4. The molecule has 3 N–H and O–H groups in total. The molecule has 1 aliphatic rings. The van der Waals surface area contributed by atoms with Crippen LogP contribution in [0.4, 0.5) is 13.8 Å². The Labute approximate surface area is 247 Å². The van der Waals surface area contributed by atoms with Crippen molar-refractivity contribution in [2.75, 3.05) is 18.1 Å². The maximum absolute atomic E-state index is 14.0. The first kappa shape index (κ1) is 31.2. The highest BCUT2D eigenvalue weighted by Gasteiger charge is 2.35. The van der Waals surface area contributed by atoms with Gasteiger partial charge in [0.25, 0.3) is 0 Å². The minimum absolute atomic E-state index is 0.00513. The van der Waals surface area contributed by atoms with Gasteiger partial charge in [0.1, 0.15) is 28.3 Å². The van der Waals surface area contributed by atoms with Crippen LogP contribution in [0.1, 0.15) is 75.1 Å². The van der Waals surface area contributed by atoms with Gasteiger partial charge in [0.15, 0.2) is 5.03 Å².